The van der Waals surface area contributed by atoms with E-state index in [1.807, 2.05) is 0 Å². The van der Waals surface area contributed by atoms with Gasteiger partial charge in [-0.25, -0.2) is 0 Å². The number of aryl methyl sites for hydroxylation is 2. The van der Waals surface area contributed by atoms with Gasteiger partial charge in [0.05, 0.1) is 5.60 Å². The minimum atomic E-state index is -0.623. The van der Waals surface area contributed by atoms with E-state index < -0.39 is 5.60 Å². The third-order valence-electron chi connectivity index (χ3n) is 5.66. The van der Waals surface area contributed by atoms with Gasteiger partial charge in [0.2, 0.25) is 0 Å². The fourth-order valence-corrected chi connectivity index (χ4v) is 3.56. The van der Waals surface area contributed by atoms with Gasteiger partial charge in [0.15, 0.2) is 0 Å². The largest absolute Gasteiger partial charge is 0.389 e. The number of aliphatic hydroxyl groups is 1. The lowest BCUT2D eigenvalue weighted by Gasteiger charge is -2.39. The average molecular weight is 319 g/mol. The second kappa shape index (κ2) is 7.78. The highest BCUT2D eigenvalue weighted by molar-refractivity contribution is 5.31. The predicted octanol–water partition coefficient (Wildman–Crippen LogP) is 2.87. The molecular formula is C20H34N2O. The Morgan fingerprint density at radius 1 is 1.17 bits per heavy atom. The van der Waals surface area contributed by atoms with Gasteiger partial charge >= 0.3 is 0 Å². The summed E-state index contributed by atoms with van der Waals surface area (Å²) in [6.07, 6.45) is 1.56. The van der Waals surface area contributed by atoms with Crippen molar-refractivity contribution < 1.29 is 5.11 Å². The highest BCUT2D eigenvalue weighted by Crippen LogP contribution is 2.29. The summed E-state index contributed by atoms with van der Waals surface area (Å²) in [5.41, 5.74) is 3.23. The van der Waals surface area contributed by atoms with Crippen LogP contribution >= 0.6 is 0 Å². The predicted molar refractivity (Wildman–Crippen MR) is 98.0 cm³/mol. The van der Waals surface area contributed by atoms with Crippen LogP contribution in [-0.4, -0.2) is 60.3 Å². The van der Waals surface area contributed by atoms with E-state index in [9.17, 15) is 5.11 Å². The third-order valence-corrected chi connectivity index (χ3v) is 5.66. The minimum Gasteiger partial charge on any atom is -0.389 e. The number of rotatable bonds is 6. The molecule has 1 aliphatic rings. The zero-order chi connectivity index (χ0) is 17.0. The second-order valence-electron chi connectivity index (χ2n) is 7.57. The minimum absolute atomic E-state index is 0.274. The van der Waals surface area contributed by atoms with Crippen LogP contribution in [0.3, 0.4) is 0 Å². The normalized spacial score (nSPS) is 21.1. The van der Waals surface area contributed by atoms with E-state index in [2.05, 4.69) is 62.7 Å². The molecular weight excluding hydrogens is 284 g/mol. The number of likely N-dealkylation sites (N-methyl/N-ethyl adjacent to an activating group) is 1. The summed E-state index contributed by atoms with van der Waals surface area (Å²) in [5.74, 6) is 0.274. The van der Waals surface area contributed by atoms with Gasteiger partial charge in [-0.2, -0.15) is 0 Å². The van der Waals surface area contributed by atoms with E-state index in [4.69, 9.17) is 0 Å². The van der Waals surface area contributed by atoms with Gasteiger partial charge in [-0.1, -0.05) is 37.6 Å². The van der Waals surface area contributed by atoms with Crippen molar-refractivity contribution in [1.29, 1.82) is 0 Å². The molecule has 3 heteroatoms. The van der Waals surface area contributed by atoms with Crippen LogP contribution in [0.4, 0.5) is 0 Å². The van der Waals surface area contributed by atoms with Crippen LogP contribution in [0.15, 0.2) is 18.2 Å². The Bertz CT molecular complexity index is 508. The first kappa shape index (κ1) is 18.4. The summed E-state index contributed by atoms with van der Waals surface area (Å²) in [6.45, 7) is 14.1. The van der Waals surface area contributed by atoms with Crippen molar-refractivity contribution in [3.63, 3.8) is 0 Å². The molecule has 0 aliphatic carbocycles. The van der Waals surface area contributed by atoms with Gasteiger partial charge in [0, 0.05) is 39.1 Å². The monoisotopic (exact) mass is 318 g/mol. The highest BCUT2D eigenvalue weighted by atomic mass is 16.3. The van der Waals surface area contributed by atoms with E-state index in [-0.39, 0.29) is 5.92 Å². The highest BCUT2D eigenvalue weighted by Gasteiger charge is 2.34. The molecule has 0 saturated carbocycles. The van der Waals surface area contributed by atoms with Crippen LogP contribution in [0.2, 0.25) is 0 Å². The lowest BCUT2D eigenvalue weighted by molar-refractivity contribution is -0.0315. The first-order valence-electron chi connectivity index (χ1n) is 9.03. The molecule has 2 unspecified atom stereocenters. The Hall–Kier alpha value is -0.900. The molecule has 0 spiro atoms. The molecule has 130 valence electrons. The standard InChI is InChI=1S/C20H34N2O/c1-6-20(23,14-19-13-16(2)7-8-17(19)3)18(4)15-22-11-9-21(5)10-12-22/h7-8,13,18,23H,6,9-12,14-15H2,1-5H3. The number of hydrogen-bond acceptors (Lipinski definition) is 3. The molecule has 0 bridgehead atoms. The molecule has 1 aliphatic heterocycles. The van der Waals surface area contributed by atoms with E-state index in [0.29, 0.717) is 0 Å². The van der Waals surface area contributed by atoms with Gasteiger partial charge in [-0.05, 0) is 44.4 Å². The van der Waals surface area contributed by atoms with Crippen molar-refractivity contribution in [2.75, 3.05) is 39.8 Å². The Morgan fingerprint density at radius 3 is 2.43 bits per heavy atom. The molecule has 23 heavy (non-hydrogen) atoms. The molecule has 0 radical (unpaired) electrons. The smallest absolute Gasteiger partial charge is 0.0723 e. The van der Waals surface area contributed by atoms with Crippen LogP contribution < -0.4 is 0 Å². The third kappa shape index (κ3) is 4.79. The second-order valence-corrected chi connectivity index (χ2v) is 7.57. The Kier molecular flexibility index (Phi) is 6.24. The van der Waals surface area contributed by atoms with Crippen molar-refractivity contribution in [3.8, 4) is 0 Å². The first-order valence-corrected chi connectivity index (χ1v) is 9.03. The summed E-state index contributed by atoms with van der Waals surface area (Å²) >= 11 is 0. The summed E-state index contributed by atoms with van der Waals surface area (Å²) in [7, 11) is 2.18. The average Bonchev–Trinajstić information content (AvgIpc) is 2.53. The summed E-state index contributed by atoms with van der Waals surface area (Å²) in [6, 6.07) is 6.56. The van der Waals surface area contributed by atoms with E-state index in [1.165, 1.54) is 16.7 Å². The van der Waals surface area contributed by atoms with E-state index in [0.717, 1.165) is 45.6 Å². The van der Waals surface area contributed by atoms with Gasteiger partial charge in [0.25, 0.3) is 0 Å². The van der Waals surface area contributed by atoms with Gasteiger partial charge in [0.1, 0.15) is 0 Å². The molecule has 0 aromatic heterocycles. The molecule has 1 heterocycles. The number of benzene rings is 1. The number of nitrogens with zero attached hydrogens (tertiary/aromatic N) is 2. The number of hydrogen-bond donors (Lipinski definition) is 1. The maximum atomic E-state index is 11.3. The van der Waals surface area contributed by atoms with E-state index >= 15 is 0 Å². The molecule has 2 atom stereocenters. The van der Waals surface area contributed by atoms with Gasteiger partial charge in [-0.3, -0.25) is 0 Å². The first-order chi connectivity index (χ1) is 10.8. The fraction of sp³-hybridized carbons (Fsp3) is 0.700. The van der Waals surface area contributed by atoms with Crippen LogP contribution in [0.5, 0.6) is 0 Å². The number of piperazine rings is 1. The Morgan fingerprint density at radius 2 is 1.83 bits per heavy atom. The lowest BCUT2D eigenvalue weighted by Crippen LogP contribution is -2.50. The zero-order valence-electron chi connectivity index (χ0n) is 15.6. The maximum absolute atomic E-state index is 11.3. The maximum Gasteiger partial charge on any atom is 0.0723 e. The van der Waals surface area contributed by atoms with Crippen molar-refractivity contribution in [2.24, 2.45) is 5.92 Å². The van der Waals surface area contributed by atoms with E-state index in [1.54, 1.807) is 0 Å². The molecule has 1 saturated heterocycles. The van der Waals surface area contributed by atoms with Crippen LogP contribution in [0.25, 0.3) is 0 Å². The van der Waals surface area contributed by atoms with Crippen LogP contribution in [0.1, 0.15) is 37.0 Å². The Labute approximate surface area is 142 Å². The van der Waals surface area contributed by atoms with Crippen molar-refractivity contribution >= 4 is 0 Å². The van der Waals surface area contributed by atoms with Crippen molar-refractivity contribution in [2.45, 2.75) is 46.1 Å². The van der Waals surface area contributed by atoms with Crippen molar-refractivity contribution in [3.05, 3.63) is 34.9 Å². The molecule has 1 aromatic rings. The molecule has 1 aromatic carbocycles. The van der Waals surface area contributed by atoms with Crippen molar-refractivity contribution in [1.82, 2.24) is 9.80 Å². The summed E-state index contributed by atoms with van der Waals surface area (Å²) in [5, 5.41) is 11.3. The topological polar surface area (TPSA) is 26.7 Å². The Balaban J connectivity index is 2.04. The fourth-order valence-electron chi connectivity index (χ4n) is 3.56. The molecule has 0 amide bonds. The SMILES string of the molecule is CCC(O)(Cc1cc(C)ccc1C)C(C)CN1CCN(C)CC1. The van der Waals surface area contributed by atoms with Gasteiger partial charge < -0.3 is 14.9 Å². The molecule has 1 fully saturated rings. The van der Waals surface area contributed by atoms with Crippen LogP contribution in [-0.2, 0) is 6.42 Å². The quantitative estimate of drug-likeness (QED) is 0.874. The van der Waals surface area contributed by atoms with Gasteiger partial charge in [-0.15, -0.1) is 0 Å². The lowest BCUT2D eigenvalue weighted by atomic mass is 9.79. The molecule has 2 rings (SSSR count). The zero-order valence-corrected chi connectivity index (χ0v) is 15.6. The summed E-state index contributed by atoms with van der Waals surface area (Å²) in [4.78, 5) is 4.89. The van der Waals surface area contributed by atoms with Crippen LogP contribution in [0, 0.1) is 19.8 Å². The molecule has 3 nitrogen and oxygen atoms in total. The molecule has 1 N–H and O–H groups in total. The summed E-state index contributed by atoms with van der Waals surface area (Å²) < 4.78 is 0.